The van der Waals surface area contributed by atoms with Crippen molar-refractivity contribution in [1.82, 2.24) is 5.06 Å². The Morgan fingerprint density at radius 3 is 2.70 bits per heavy atom. The number of nitrogens with zero attached hydrogens (tertiary/aromatic N) is 3. The van der Waals surface area contributed by atoms with Crippen LogP contribution in [0.1, 0.15) is 44.3 Å². The summed E-state index contributed by atoms with van der Waals surface area (Å²) in [6.45, 7) is 2.01. The maximum atomic E-state index is 10.7. The number of nitro benzene ring substituents is 1. The highest BCUT2D eigenvalue weighted by atomic mass is 16.6. The molecule has 0 bridgehead atoms. The Morgan fingerprint density at radius 1 is 1.40 bits per heavy atom. The van der Waals surface area contributed by atoms with Gasteiger partial charge in [-0.1, -0.05) is 6.42 Å². The third kappa shape index (κ3) is 1.92. The third-order valence-electron chi connectivity index (χ3n) is 4.37. The van der Waals surface area contributed by atoms with Crippen molar-refractivity contribution in [2.45, 2.75) is 44.3 Å². The fourth-order valence-corrected chi connectivity index (χ4v) is 3.08. The van der Waals surface area contributed by atoms with Crippen LogP contribution in [-0.4, -0.2) is 26.4 Å². The molecule has 1 aliphatic heterocycles. The van der Waals surface area contributed by atoms with Gasteiger partial charge in [0.25, 0.3) is 5.69 Å². The van der Waals surface area contributed by atoms with E-state index in [2.05, 4.69) is 4.99 Å². The van der Waals surface area contributed by atoms with Crippen LogP contribution in [0.15, 0.2) is 29.3 Å². The topological polar surface area (TPSA) is 79.0 Å². The van der Waals surface area contributed by atoms with Crippen LogP contribution in [0.25, 0.3) is 0 Å². The van der Waals surface area contributed by atoms with Crippen molar-refractivity contribution < 1.29 is 10.1 Å². The molecular weight excluding hydrogens is 258 g/mol. The molecule has 0 unspecified atom stereocenters. The van der Waals surface area contributed by atoms with E-state index in [1.54, 1.807) is 12.1 Å². The summed E-state index contributed by atoms with van der Waals surface area (Å²) in [7, 11) is 0. The lowest BCUT2D eigenvalue weighted by Crippen LogP contribution is -2.48. The summed E-state index contributed by atoms with van der Waals surface area (Å²) in [5.41, 5.74) is 1.48. The van der Waals surface area contributed by atoms with E-state index < -0.39 is 11.1 Å². The molecule has 3 rings (SSSR count). The molecule has 106 valence electrons. The molecule has 1 N–H and O–H groups in total. The second-order valence-corrected chi connectivity index (χ2v) is 5.62. The Labute approximate surface area is 116 Å². The summed E-state index contributed by atoms with van der Waals surface area (Å²) in [5.74, 6) is 0. The van der Waals surface area contributed by atoms with Crippen LogP contribution in [0.5, 0.6) is 0 Å². The van der Waals surface area contributed by atoms with Gasteiger partial charge in [-0.05, 0) is 43.9 Å². The number of nitro groups is 1. The molecule has 20 heavy (non-hydrogen) atoms. The molecule has 0 amide bonds. The minimum Gasteiger partial charge on any atom is -0.311 e. The highest BCUT2D eigenvalue weighted by Gasteiger charge is 2.47. The van der Waals surface area contributed by atoms with Crippen molar-refractivity contribution in [3.05, 3.63) is 39.9 Å². The van der Waals surface area contributed by atoms with E-state index in [-0.39, 0.29) is 11.2 Å². The average Bonchev–Trinajstić information content (AvgIpc) is 2.72. The fraction of sp³-hybridized carbons (Fsp3) is 0.500. The van der Waals surface area contributed by atoms with Crippen molar-refractivity contribution in [3.8, 4) is 0 Å². The lowest BCUT2D eigenvalue weighted by atomic mass is 9.82. The van der Waals surface area contributed by atoms with Crippen LogP contribution >= 0.6 is 0 Å². The Morgan fingerprint density at radius 2 is 2.10 bits per heavy atom. The second-order valence-electron chi connectivity index (χ2n) is 5.62. The first-order chi connectivity index (χ1) is 9.52. The molecule has 2 atom stereocenters. The van der Waals surface area contributed by atoms with Crippen molar-refractivity contribution in [1.29, 1.82) is 0 Å². The van der Waals surface area contributed by atoms with Crippen LogP contribution in [0.2, 0.25) is 0 Å². The first-order valence-electron chi connectivity index (χ1n) is 6.82. The number of fused-ring (bicyclic) bond motifs is 1. The second kappa shape index (κ2) is 4.64. The van der Waals surface area contributed by atoms with Gasteiger partial charge in [-0.25, -0.2) is 0 Å². The highest BCUT2D eigenvalue weighted by molar-refractivity contribution is 5.95. The van der Waals surface area contributed by atoms with Crippen molar-refractivity contribution in [2.75, 3.05) is 0 Å². The molecule has 1 aromatic carbocycles. The molecule has 0 saturated heterocycles. The molecule has 2 aliphatic rings. The molecule has 0 spiro atoms. The van der Waals surface area contributed by atoms with Crippen LogP contribution in [0, 0.1) is 10.1 Å². The smallest absolute Gasteiger partial charge is 0.269 e. The summed E-state index contributed by atoms with van der Waals surface area (Å²) in [6.07, 6.45) is 3.55. The van der Waals surface area contributed by atoms with Gasteiger partial charge in [0.1, 0.15) is 0 Å². The van der Waals surface area contributed by atoms with Crippen molar-refractivity contribution in [2.24, 2.45) is 4.99 Å². The van der Waals surface area contributed by atoms with Gasteiger partial charge >= 0.3 is 0 Å². The number of aliphatic imine (C=N–C) groups is 1. The SMILES string of the molecule is C[C@@]12CCCCC1=N[C@H](c1ccc([N+](=O)[O-])cc1)N2O. The summed E-state index contributed by atoms with van der Waals surface area (Å²) < 4.78 is 0. The van der Waals surface area contributed by atoms with Gasteiger partial charge in [0.05, 0.1) is 10.5 Å². The molecule has 6 nitrogen and oxygen atoms in total. The standard InChI is InChI=1S/C14H17N3O3/c1-14-9-3-2-4-12(14)15-13(16(14)18)10-5-7-11(8-6-10)17(19)20/h5-8,13,18H,2-4,9H2,1H3/t13-,14+/m0/s1. The highest BCUT2D eigenvalue weighted by Crippen LogP contribution is 2.42. The predicted molar refractivity (Wildman–Crippen MR) is 73.8 cm³/mol. The Balaban J connectivity index is 1.91. The largest absolute Gasteiger partial charge is 0.311 e. The number of rotatable bonds is 2. The maximum absolute atomic E-state index is 10.7. The van der Waals surface area contributed by atoms with E-state index in [1.807, 2.05) is 6.92 Å². The molecule has 1 aliphatic carbocycles. The molecule has 0 aromatic heterocycles. The average molecular weight is 275 g/mol. The number of hydrogen-bond acceptors (Lipinski definition) is 5. The summed E-state index contributed by atoms with van der Waals surface area (Å²) in [6, 6.07) is 6.23. The van der Waals surface area contributed by atoms with Gasteiger partial charge in [0, 0.05) is 17.8 Å². The van der Waals surface area contributed by atoms with Crippen LogP contribution in [0.3, 0.4) is 0 Å². The monoisotopic (exact) mass is 275 g/mol. The summed E-state index contributed by atoms with van der Waals surface area (Å²) in [4.78, 5) is 14.9. The lowest BCUT2D eigenvalue weighted by molar-refractivity contribution is -0.384. The first kappa shape index (κ1) is 13.2. The van der Waals surface area contributed by atoms with Gasteiger partial charge in [-0.3, -0.25) is 15.1 Å². The van der Waals surface area contributed by atoms with Gasteiger partial charge in [0.2, 0.25) is 0 Å². The lowest BCUT2D eigenvalue weighted by Gasteiger charge is -2.36. The van der Waals surface area contributed by atoms with Gasteiger partial charge in [-0.2, -0.15) is 5.06 Å². The molecule has 6 heteroatoms. The number of hydroxylamine groups is 2. The Hall–Kier alpha value is -1.79. The zero-order chi connectivity index (χ0) is 14.3. The number of benzene rings is 1. The van der Waals surface area contributed by atoms with E-state index in [4.69, 9.17) is 0 Å². The molecule has 1 saturated carbocycles. The molecule has 1 heterocycles. The normalized spacial score (nSPS) is 29.9. The van der Waals surface area contributed by atoms with Gasteiger partial charge < -0.3 is 5.21 Å². The Kier molecular flexibility index (Phi) is 3.07. The summed E-state index contributed by atoms with van der Waals surface area (Å²) in [5, 5.41) is 22.4. The quantitative estimate of drug-likeness (QED) is 0.664. The minimum absolute atomic E-state index is 0.0486. The molecule has 1 aromatic rings. The minimum atomic E-state index is -0.450. The molecule has 1 fully saturated rings. The first-order valence-corrected chi connectivity index (χ1v) is 6.82. The van der Waals surface area contributed by atoms with E-state index in [0.717, 1.165) is 37.0 Å². The van der Waals surface area contributed by atoms with Gasteiger partial charge in [-0.15, -0.1) is 0 Å². The molecular formula is C14H17N3O3. The summed E-state index contributed by atoms with van der Waals surface area (Å²) >= 11 is 0. The van der Waals surface area contributed by atoms with E-state index in [9.17, 15) is 15.3 Å². The number of hydrogen-bond donors (Lipinski definition) is 1. The van der Waals surface area contributed by atoms with Crippen LogP contribution < -0.4 is 0 Å². The van der Waals surface area contributed by atoms with Gasteiger partial charge in [0.15, 0.2) is 6.17 Å². The third-order valence-corrected chi connectivity index (χ3v) is 4.37. The zero-order valence-electron chi connectivity index (χ0n) is 11.3. The van der Waals surface area contributed by atoms with Crippen LogP contribution in [0.4, 0.5) is 5.69 Å². The van der Waals surface area contributed by atoms with E-state index in [0.29, 0.717) is 0 Å². The predicted octanol–water partition coefficient (Wildman–Crippen LogP) is 3.07. The van der Waals surface area contributed by atoms with Crippen molar-refractivity contribution >= 4 is 11.4 Å². The maximum Gasteiger partial charge on any atom is 0.269 e. The number of non-ortho nitro benzene ring substituents is 1. The Bertz CT molecular complexity index is 570. The zero-order valence-corrected chi connectivity index (χ0v) is 11.3. The molecule has 0 radical (unpaired) electrons. The van der Waals surface area contributed by atoms with E-state index in [1.165, 1.54) is 17.2 Å². The van der Waals surface area contributed by atoms with E-state index >= 15 is 0 Å². The fourth-order valence-electron chi connectivity index (χ4n) is 3.08. The van der Waals surface area contributed by atoms with Crippen molar-refractivity contribution in [3.63, 3.8) is 0 Å². The van der Waals surface area contributed by atoms with Crippen LogP contribution in [-0.2, 0) is 0 Å².